The predicted molar refractivity (Wildman–Crippen MR) is 78.2 cm³/mol. The highest BCUT2D eigenvalue weighted by Crippen LogP contribution is 2.30. The van der Waals surface area contributed by atoms with Crippen molar-refractivity contribution in [1.29, 1.82) is 0 Å². The summed E-state index contributed by atoms with van der Waals surface area (Å²) in [6.07, 6.45) is 0.981. The first kappa shape index (κ1) is 15.1. The molecule has 1 saturated carbocycles. The van der Waals surface area contributed by atoms with E-state index < -0.39 is 5.91 Å². The maximum absolute atomic E-state index is 11.3. The number of carbonyl (C=O) groups is 1. The lowest BCUT2D eigenvalue weighted by Crippen LogP contribution is -2.56. The number of carbonyl (C=O) groups excluding carboxylic acids is 1. The van der Waals surface area contributed by atoms with Gasteiger partial charge in [0.2, 0.25) is 5.91 Å². The van der Waals surface area contributed by atoms with Crippen molar-refractivity contribution in [3.63, 3.8) is 0 Å². The predicted octanol–water partition coefficient (Wildman–Crippen LogP) is 2.04. The molecule has 0 saturated heterocycles. The maximum atomic E-state index is 11.3. The topological polar surface area (TPSA) is 73.6 Å². The van der Waals surface area contributed by atoms with Crippen LogP contribution in [0.5, 0.6) is 0 Å². The standard InChI is InChI=1S/C14H19ClN2O3/c1-3-20-12-7-11(13(12)19-2)17-8-4-5-10(15)9(6-8)14(16)18/h4-6,11-13,17H,3,7H2,1-2H3,(H2,16,18). The largest absolute Gasteiger partial charge is 0.379 e. The van der Waals surface area contributed by atoms with E-state index in [-0.39, 0.29) is 18.2 Å². The average Bonchev–Trinajstić information content (AvgIpc) is 2.39. The number of methoxy groups -OCH3 is 1. The number of amides is 1. The summed E-state index contributed by atoms with van der Waals surface area (Å²) in [5, 5.41) is 3.67. The molecule has 2 rings (SSSR count). The molecule has 20 heavy (non-hydrogen) atoms. The number of anilines is 1. The number of rotatable bonds is 6. The molecule has 1 aromatic carbocycles. The highest BCUT2D eigenvalue weighted by Gasteiger charge is 2.42. The minimum absolute atomic E-state index is 0.00246. The summed E-state index contributed by atoms with van der Waals surface area (Å²) in [5.74, 6) is -0.539. The molecule has 1 aliphatic carbocycles. The Morgan fingerprint density at radius 1 is 1.55 bits per heavy atom. The zero-order chi connectivity index (χ0) is 14.7. The van der Waals surface area contributed by atoms with E-state index in [1.807, 2.05) is 13.0 Å². The van der Waals surface area contributed by atoms with Crippen molar-refractivity contribution >= 4 is 23.2 Å². The lowest BCUT2D eigenvalue weighted by Gasteiger charge is -2.43. The van der Waals surface area contributed by atoms with E-state index in [1.54, 1.807) is 19.2 Å². The smallest absolute Gasteiger partial charge is 0.250 e. The van der Waals surface area contributed by atoms with E-state index in [0.717, 1.165) is 12.1 Å². The van der Waals surface area contributed by atoms with Gasteiger partial charge in [0.1, 0.15) is 6.10 Å². The third-order valence-electron chi connectivity index (χ3n) is 3.49. The molecule has 0 heterocycles. The Hall–Kier alpha value is -1.30. The summed E-state index contributed by atoms with van der Waals surface area (Å²) in [6.45, 7) is 2.63. The van der Waals surface area contributed by atoms with Crippen LogP contribution in [0.15, 0.2) is 18.2 Å². The van der Waals surface area contributed by atoms with Crippen LogP contribution in [0.1, 0.15) is 23.7 Å². The summed E-state index contributed by atoms with van der Waals surface area (Å²) in [4.78, 5) is 11.3. The highest BCUT2D eigenvalue weighted by molar-refractivity contribution is 6.33. The van der Waals surface area contributed by atoms with E-state index in [9.17, 15) is 4.79 Å². The van der Waals surface area contributed by atoms with Crippen LogP contribution in [-0.4, -0.2) is 37.9 Å². The Kier molecular flexibility index (Phi) is 4.86. The zero-order valence-corrected chi connectivity index (χ0v) is 12.3. The normalized spacial score (nSPS) is 25.1. The molecule has 0 bridgehead atoms. The summed E-state index contributed by atoms with van der Waals surface area (Å²) >= 11 is 5.92. The van der Waals surface area contributed by atoms with Gasteiger partial charge in [0.15, 0.2) is 0 Å². The zero-order valence-electron chi connectivity index (χ0n) is 11.6. The molecule has 3 unspecified atom stereocenters. The minimum Gasteiger partial charge on any atom is -0.379 e. The van der Waals surface area contributed by atoms with Crippen molar-refractivity contribution in [3.8, 4) is 0 Å². The second kappa shape index (κ2) is 6.43. The molecule has 3 N–H and O–H groups in total. The number of hydrogen-bond acceptors (Lipinski definition) is 4. The van der Waals surface area contributed by atoms with Gasteiger partial charge in [0.25, 0.3) is 0 Å². The van der Waals surface area contributed by atoms with Crippen molar-refractivity contribution in [2.75, 3.05) is 19.0 Å². The average molecular weight is 299 g/mol. The van der Waals surface area contributed by atoms with Crippen LogP contribution >= 0.6 is 11.6 Å². The third-order valence-corrected chi connectivity index (χ3v) is 3.82. The second-order valence-electron chi connectivity index (χ2n) is 4.74. The summed E-state index contributed by atoms with van der Waals surface area (Å²) in [5.41, 5.74) is 6.39. The first-order valence-corrected chi connectivity index (χ1v) is 6.95. The fourth-order valence-electron chi connectivity index (χ4n) is 2.43. The molecular formula is C14H19ClN2O3. The number of nitrogens with one attached hydrogen (secondary N) is 1. The van der Waals surface area contributed by atoms with Gasteiger partial charge in [-0.2, -0.15) is 0 Å². The second-order valence-corrected chi connectivity index (χ2v) is 5.15. The molecule has 6 heteroatoms. The Bertz CT molecular complexity index is 495. The third kappa shape index (κ3) is 3.06. The monoisotopic (exact) mass is 298 g/mol. The molecule has 0 radical (unpaired) electrons. The van der Waals surface area contributed by atoms with E-state index >= 15 is 0 Å². The first-order chi connectivity index (χ1) is 9.56. The number of nitrogens with two attached hydrogens (primary N) is 1. The Balaban J connectivity index is 2.04. The molecule has 1 aromatic rings. The van der Waals surface area contributed by atoms with Gasteiger partial charge in [-0.15, -0.1) is 0 Å². The first-order valence-electron chi connectivity index (χ1n) is 6.57. The molecule has 5 nitrogen and oxygen atoms in total. The van der Waals surface area contributed by atoms with Crippen LogP contribution in [0.2, 0.25) is 5.02 Å². The van der Waals surface area contributed by atoms with Crippen LogP contribution in [0.4, 0.5) is 5.69 Å². The SMILES string of the molecule is CCOC1CC(Nc2ccc(Cl)c(C(N)=O)c2)C1OC. The molecule has 0 aliphatic heterocycles. The minimum atomic E-state index is -0.539. The van der Waals surface area contributed by atoms with Crippen molar-refractivity contribution in [1.82, 2.24) is 0 Å². The fraction of sp³-hybridized carbons (Fsp3) is 0.500. The Morgan fingerprint density at radius 2 is 2.30 bits per heavy atom. The van der Waals surface area contributed by atoms with Gasteiger partial charge in [0, 0.05) is 19.4 Å². The van der Waals surface area contributed by atoms with Gasteiger partial charge >= 0.3 is 0 Å². The van der Waals surface area contributed by atoms with Gasteiger partial charge in [0.05, 0.1) is 22.7 Å². The Morgan fingerprint density at radius 3 is 2.90 bits per heavy atom. The number of hydrogen-bond donors (Lipinski definition) is 2. The van der Waals surface area contributed by atoms with Crippen molar-refractivity contribution in [2.24, 2.45) is 5.73 Å². The molecule has 0 aromatic heterocycles. The van der Waals surface area contributed by atoms with Crippen LogP contribution < -0.4 is 11.1 Å². The van der Waals surface area contributed by atoms with Crippen LogP contribution in [0.25, 0.3) is 0 Å². The van der Waals surface area contributed by atoms with Crippen molar-refractivity contribution < 1.29 is 14.3 Å². The summed E-state index contributed by atoms with van der Waals surface area (Å²) < 4.78 is 11.0. The van der Waals surface area contributed by atoms with Gasteiger partial charge in [-0.3, -0.25) is 4.79 Å². The molecule has 1 fully saturated rings. The quantitative estimate of drug-likeness (QED) is 0.843. The van der Waals surface area contributed by atoms with Gasteiger partial charge in [-0.1, -0.05) is 11.6 Å². The molecule has 1 aliphatic rings. The maximum Gasteiger partial charge on any atom is 0.250 e. The van der Waals surface area contributed by atoms with Crippen LogP contribution in [0, 0.1) is 0 Å². The highest BCUT2D eigenvalue weighted by atomic mass is 35.5. The van der Waals surface area contributed by atoms with Gasteiger partial charge < -0.3 is 20.5 Å². The van der Waals surface area contributed by atoms with Gasteiger partial charge in [-0.25, -0.2) is 0 Å². The molecule has 3 atom stereocenters. The summed E-state index contributed by atoms with van der Waals surface area (Å²) in [7, 11) is 1.67. The lowest BCUT2D eigenvalue weighted by atomic mass is 9.85. The van der Waals surface area contributed by atoms with E-state index in [0.29, 0.717) is 17.2 Å². The van der Waals surface area contributed by atoms with Gasteiger partial charge in [-0.05, 0) is 31.5 Å². The number of halogens is 1. The van der Waals surface area contributed by atoms with E-state index in [1.165, 1.54) is 0 Å². The van der Waals surface area contributed by atoms with E-state index in [2.05, 4.69) is 5.32 Å². The van der Waals surface area contributed by atoms with Crippen LogP contribution in [-0.2, 0) is 9.47 Å². The van der Waals surface area contributed by atoms with Crippen molar-refractivity contribution in [3.05, 3.63) is 28.8 Å². The van der Waals surface area contributed by atoms with Crippen LogP contribution in [0.3, 0.4) is 0 Å². The molecule has 110 valence electrons. The summed E-state index contributed by atoms with van der Waals surface area (Å²) in [6, 6.07) is 5.28. The molecular weight excluding hydrogens is 280 g/mol. The fourth-order valence-corrected chi connectivity index (χ4v) is 2.64. The molecule has 1 amide bonds. The van der Waals surface area contributed by atoms with E-state index in [4.69, 9.17) is 26.8 Å². The number of primary amides is 1. The lowest BCUT2D eigenvalue weighted by molar-refractivity contribution is -0.118. The Labute approximate surface area is 123 Å². The number of ether oxygens (including phenoxy) is 2. The molecule has 0 spiro atoms. The van der Waals surface area contributed by atoms with Crippen molar-refractivity contribution in [2.45, 2.75) is 31.6 Å². The number of benzene rings is 1.